The van der Waals surface area contributed by atoms with E-state index in [0.717, 1.165) is 38.5 Å². The highest BCUT2D eigenvalue weighted by molar-refractivity contribution is 6.42. The fourth-order valence-electron chi connectivity index (χ4n) is 5.38. The van der Waals surface area contributed by atoms with E-state index in [1.54, 1.807) is 48.8 Å². The molecule has 270 valence electrons. The quantitative estimate of drug-likeness (QED) is 0.0491. The second-order valence-electron chi connectivity index (χ2n) is 12.5. The van der Waals surface area contributed by atoms with Crippen LogP contribution in [0.1, 0.15) is 114 Å². The third kappa shape index (κ3) is 15.9. The van der Waals surface area contributed by atoms with Gasteiger partial charge in [-0.25, -0.2) is 0 Å². The van der Waals surface area contributed by atoms with Gasteiger partial charge in [-0.3, -0.25) is 9.98 Å². The smallest absolute Gasteiger partial charge is 0.128 e. The molecule has 0 aliphatic carbocycles. The lowest BCUT2D eigenvalue weighted by Crippen LogP contribution is -1.97. The van der Waals surface area contributed by atoms with Gasteiger partial charge in [0.05, 0.1) is 34.6 Å². The number of unbranched alkanes of at least 4 members (excludes halogenated alkanes) is 14. The summed E-state index contributed by atoms with van der Waals surface area (Å²) in [6.45, 7) is 8.75. The number of phenolic OH excluding ortho intramolecular Hbond substituents is 2. The van der Waals surface area contributed by atoms with Gasteiger partial charge in [0, 0.05) is 35.7 Å². The van der Waals surface area contributed by atoms with E-state index in [4.69, 9.17) is 32.7 Å². The first-order valence-corrected chi connectivity index (χ1v) is 18.9. The first kappa shape index (κ1) is 40.7. The molecule has 0 bridgehead atoms. The van der Waals surface area contributed by atoms with E-state index in [0.29, 0.717) is 57.3 Å². The SMILES string of the molecule is C=CCCCCCCCCCOc1ccc(C=Nc2cc(Cl)c(Cl)cc2N=Cc2ccc(OCCCCCCCCCC=C)cc2O)c(O)c1. The van der Waals surface area contributed by atoms with E-state index >= 15 is 0 Å². The molecule has 0 amide bonds. The molecule has 0 fully saturated rings. The van der Waals surface area contributed by atoms with Crippen molar-refractivity contribution < 1.29 is 19.7 Å². The molecule has 0 aromatic heterocycles. The fourth-order valence-corrected chi connectivity index (χ4v) is 5.70. The van der Waals surface area contributed by atoms with Gasteiger partial charge in [-0.15, -0.1) is 13.2 Å². The Hall–Kier alpha value is -3.74. The molecule has 0 saturated carbocycles. The normalized spacial score (nSPS) is 11.4. The van der Waals surface area contributed by atoms with E-state index in [1.807, 2.05) is 24.3 Å². The minimum Gasteiger partial charge on any atom is -0.507 e. The van der Waals surface area contributed by atoms with Crippen molar-refractivity contribution in [2.45, 2.75) is 103 Å². The Kier molecular flexibility index (Phi) is 19.9. The first-order chi connectivity index (χ1) is 24.4. The Bertz CT molecular complexity index is 1410. The largest absolute Gasteiger partial charge is 0.507 e. The van der Waals surface area contributed by atoms with Crippen LogP contribution in [0.3, 0.4) is 0 Å². The average molecular weight is 722 g/mol. The van der Waals surface area contributed by atoms with Crippen molar-refractivity contribution in [3.63, 3.8) is 0 Å². The molecule has 0 aliphatic heterocycles. The van der Waals surface area contributed by atoms with Crippen LogP contribution in [-0.4, -0.2) is 35.9 Å². The summed E-state index contributed by atoms with van der Waals surface area (Å²) in [4.78, 5) is 9.10. The van der Waals surface area contributed by atoms with Crippen molar-refractivity contribution in [3.05, 3.63) is 95.0 Å². The standard InChI is InChI=1S/C42H54Cl2N2O4/c1-3-5-7-9-11-13-15-17-19-25-49-35-23-21-33(41(47)27-35)31-45-39-29-37(43)38(44)30-40(39)46-32-34-22-24-36(28-42(34)48)50-26-20-18-16-14-12-10-8-6-4-2/h3-4,21-24,27-32,47-48H,1-2,5-20,25-26H2. The van der Waals surface area contributed by atoms with Crippen LogP contribution in [0.25, 0.3) is 0 Å². The van der Waals surface area contributed by atoms with Crippen molar-refractivity contribution >= 4 is 47.0 Å². The molecule has 6 nitrogen and oxygen atoms in total. The topological polar surface area (TPSA) is 83.6 Å². The highest BCUT2D eigenvalue weighted by atomic mass is 35.5. The summed E-state index contributed by atoms with van der Waals surface area (Å²) in [6.07, 6.45) is 25.9. The molecule has 0 saturated heterocycles. The molecule has 3 rings (SSSR count). The van der Waals surface area contributed by atoms with Crippen molar-refractivity contribution in [1.29, 1.82) is 0 Å². The van der Waals surface area contributed by atoms with Gasteiger partial charge in [0.25, 0.3) is 0 Å². The van der Waals surface area contributed by atoms with Gasteiger partial charge in [-0.1, -0.05) is 99.6 Å². The second kappa shape index (κ2) is 24.4. The molecule has 3 aromatic rings. The van der Waals surface area contributed by atoms with Crippen LogP contribution < -0.4 is 9.47 Å². The zero-order valence-electron chi connectivity index (χ0n) is 29.4. The van der Waals surface area contributed by atoms with Gasteiger partial charge in [0.2, 0.25) is 0 Å². The average Bonchev–Trinajstić information content (AvgIpc) is 3.10. The number of rotatable bonds is 26. The highest BCUT2D eigenvalue weighted by Crippen LogP contribution is 2.37. The van der Waals surface area contributed by atoms with Gasteiger partial charge in [-0.2, -0.15) is 0 Å². The molecule has 3 aromatic carbocycles. The maximum absolute atomic E-state index is 10.6. The number of aromatic hydroxyl groups is 2. The first-order valence-electron chi connectivity index (χ1n) is 18.1. The van der Waals surface area contributed by atoms with E-state index in [-0.39, 0.29) is 11.5 Å². The summed E-state index contributed by atoms with van der Waals surface area (Å²) in [5.41, 5.74) is 1.93. The Morgan fingerprint density at radius 2 is 0.880 bits per heavy atom. The summed E-state index contributed by atoms with van der Waals surface area (Å²) in [7, 11) is 0. The summed E-state index contributed by atoms with van der Waals surface area (Å²) >= 11 is 12.6. The third-order valence-corrected chi connectivity index (χ3v) is 9.07. The maximum atomic E-state index is 10.6. The van der Waals surface area contributed by atoms with E-state index < -0.39 is 0 Å². The Morgan fingerprint density at radius 1 is 0.520 bits per heavy atom. The molecule has 0 heterocycles. The number of allylic oxidation sites excluding steroid dienone is 2. The molecule has 0 atom stereocenters. The molecule has 2 N–H and O–H groups in total. The van der Waals surface area contributed by atoms with Crippen LogP contribution in [-0.2, 0) is 0 Å². The van der Waals surface area contributed by atoms with E-state index in [1.165, 1.54) is 64.2 Å². The Labute approximate surface area is 309 Å². The number of hydrogen-bond donors (Lipinski definition) is 2. The van der Waals surface area contributed by atoms with Gasteiger partial charge < -0.3 is 19.7 Å². The van der Waals surface area contributed by atoms with Gasteiger partial charge >= 0.3 is 0 Å². The number of halogens is 2. The highest BCUT2D eigenvalue weighted by Gasteiger charge is 2.09. The van der Waals surface area contributed by atoms with E-state index in [2.05, 4.69) is 23.1 Å². The van der Waals surface area contributed by atoms with Gasteiger partial charge in [0.1, 0.15) is 23.0 Å². The zero-order chi connectivity index (χ0) is 35.8. The number of hydrogen-bond acceptors (Lipinski definition) is 6. The monoisotopic (exact) mass is 720 g/mol. The maximum Gasteiger partial charge on any atom is 0.128 e. The van der Waals surface area contributed by atoms with Crippen LogP contribution in [0.5, 0.6) is 23.0 Å². The van der Waals surface area contributed by atoms with Crippen molar-refractivity contribution in [2.24, 2.45) is 9.98 Å². The lowest BCUT2D eigenvalue weighted by Gasteiger charge is -2.09. The zero-order valence-corrected chi connectivity index (χ0v) is 30.9. The molecule has 0 spiro atoms. The number of phenols is 2. The Morgan fingerprint density at radius 3 is 1.24 bits per heavy atom. The predicted octanol–water partition coefficient (Wildman–Crippen LogP) is 13.3. The van der Waals surface area contributed by atoms with Gasteiger partial charge in [0.15, 0.2) is 0 Å². The molecule has 0 aliphatic rings. The summed E-state index contributed by atoms with van der Waals surface area (Å²) in [6, 6.07) is 13.6. The van der Waals surface area contributed by atoms with Crippen molar-refractivity contribution in [1.82, 2.24) is 0 Å². The lowest BCUT2D eigenvalue weighted by molar-refractivity contribution is 0.302. The molecule has 0 unspecified atom stereocenters. The molecular weight excluding hydrogens is 667 g/mol. The van der Waals surface area contributed by atoms with Crippen LogP contribution in [0, 0.1) is 0 Å². The van der Waals surface area contributed by atoms with Crippen LogP contribution >= 0.6 is 23.2 Å². The summed E-state index contributed by atoms with van der Waals surface area (Å²) in [5.74, 6) is 1.33. The lowest BCUT2D eigenvalue weighted by atomic mass is 10.1. The van der Waals surface area contributed by atoms with E-state index in [9.17, 15) is 10.2 Å². The molecule has 0 radical (unpaired) electrons. The fraction of sp³-hybridized carbons (Fsp3) is 0.429. The number of nitrogens with zero attached hydrogens (tertiary/aromatic N) is 2. The summed E-state index contributed by atoms with van der Waals surface area (Å²) < 4.78 is 11.7. The minimum atomic E-state index is 0.0537. The summed E-state index contributed by atoms with van der Waals surface area (Å²) in [5, 5.41) is 21.9. The third-order valence-electron chi connectivity index (χ3n) is 8.35. The van der Waals surface area contributed by atoms with Crippen LogP contribution in [0.4, 0.5) is 11.4 Å². The minimum absolute atomic E-state index is 0.0537. The molecular formula is C42H54Cl2N2O4. The van der Waals surface area contributed by atoms with Crippen LogP contribution in [0.2, 0.25) is 10.0 Å². The number of benzene rings is 3. The van der Waals surface area contributed by atoms with Gasteiger partial charge in [-0.05, 0) is 74.9 Å². The number of aliphatic imine (C=N–C) groups is 2. The number of ether oxygens (including phenoxy) is 2. The van der Waals surface area contributed by atoms with Crippen molar-refractivity contribution in [2.75, 3.05) is 13.2 Å². The molecule has 50 heavy (non-hydrogen) atoms. The Balaban J connectivity index is 1.50. The van der Waals surface area contributed by atoms with Crippen LogP contribution in [0.15, 0.2) is 83.8 Å². The predicted molar refractivity (Wildman–Crippen MR) is 212 cm³/mol. The molecule has 8 heteroatoms. The van der Waals surface area contributed by atoms with Crippen molar-refractivity contribution in [3.8, 4) is 23.0 Å². The second-order valence-corrected chi connectivity index (χ2v) is 13.3.